The van der Waals surface area contributed by atoms with Gasteiger partial charge in [-0.15, -0.1) is 0 Å². The molecule has 0 aliphatic heterocycles. The molecule has 1 atom stereocenters. The lowest BCUT2D eigenvalue weighted by atomic mass is 10.2. The van der Waals surface area contributed by atoms with Crippen LogP contribution in [0, 0.1) is 0 Å². The van der Waals surface area contributed by atoms with E-state index in [1.165, 1.54) is 0 Å². The third-order valence-corrected chi connectivity index (χ3v) is 3.93. The highest BCUT2D eigenvalue weighted by Crippen LogP contribution is 2.32. The van der Waals surface area contributed by atoms with E-state index in [4.69, 9.17) is 9.15 Å². The fourth-order valence-electron chi connectivity index (χ4n) is 2.30. The predicted molar refractivity (Wildman–Crippen MR) is 88.9 cm³/mol. The number of rotatable bonds is 4. The summed E-state index contributed by atoms with van der Waals surface area (Å²) in [4.78, 5) is 0. The van der Waals surface area contributed by atoms with E-state index < -0.39 is 0 Å². The van der Waals surface area contributed by atoms with Gasteiger partial charge in [0.2, 0.25) is 0 Å². The van der Waals surface area contributed by atoms with Gasteiger partial charge in [0, 0.05) is 15.5 Å². The van der Waals surface area contributed by atoms with Gasteiger partial charge in [0.25, 0.3) is 0 Å². The molecule has 3 rings (SSSR count). The van der Waals surface area contributed by atoms with Crippen molar-refractivity contribution in [1.82, 2.24) is 0 Å². The van der Waals surface area contributed by atoms with Crippen molar-refractivity contribution in [3.63, 3.8) is 0 Å². The molecule has 0 aliphatic carbocycles. The lowest BCUT2D eigenvalue weighted by Crippen LogP contribution is -2.05. The van der Waals surface area contributed by atoms with Crippen molar-refractivity contribution >= 4 is 32.6 Å². The predicted octanol–water partition coefficient (Wildman–Crippen LogP) is 5.38. The molecule has 108 valence electrons. The number of hydrogen-bond donors (Lipinski definition) is 1. The minimum absolute atomic E-state index is 0.0725. The summed E-state index contributed by atoms with van der Waals surface area (Å²) in [6.07, 6.45) is 0. The lowest BCUT2D eigenvalue weighted by Gasteiger charge is -2.12. The Kier molecular flexibility index (Phi) is 3.88. The van der Waals surface area contributed by atoms with E-state index in [1.54, 1.807) is 7.11 Å². The summed E-state index contributed by atoms with van der Waals surface area (Å²) in [6, 6.07) is 16.1. The number of nitrogens with one attached hydrogen (secondary N) is 1. The van der Waals surface area contributed by atoms with E-state index in [0.717, 1.165) is 32.6 Å². The van der Waals surface area contributed by atoms with Crippen LogP contribution in [0.25, 0.3) is 11.0 Å². The zero-order valence-electron chi connectivity index (χ0n) is 11.9. The van der Waals surface area contributed by atoms with Crippen molar-refractivity contribution in [2.24, 2.45) is 0 Å². The van der Waals surface area contributed by atoms with Gasteiger partial charge in [-0.1, -0.05) is 28.1 Å². The summed E-state index contributed by atoms with van der Waals surface area (Å²) < 4.78 is 12.3. The average molecular weight is 346 g/mol. The number of methoxy groups -OCH3 is 1. The van der Waals surface area contributed by atoms with Gasteiger partial charge in [0.15, 0.2) is 11.3 Å². The molecule has 0 fully saturated rings. The zero-order valence-corrected chi connectivity index (χ0v) is 13.5. The Labute approximate surface area is 132 Å². The minimum Gasteiger partial charge on any atom is -0.493 e. The highest BCUT2D eigenvalue weighted by molar-refractivity contribution is 9.10. The summed E-state index contributed by atoms with van der Waals surface area (Å²) in [5.74, 6) is 1.65. The van der Waals surface area contributed by atoms with Crippen molar-refractivity contribution in [3.05, 3.63) is 58.8 Å². The van der Waals surface area contributed by atoms with Crippen LogP contribution in [-0.2, 0) is 0 Å². The van der Waals surface area contributed by atoms with Crippen LogP contribution in [0.2, 0.25) is 0 Å². The fraction of sp³-hybridized carbons (Fsp3) is 0.176. The first-order chi connectivity index (χ1) is 10.2. The van der Waals surface area contributed by atoms with Crippen LogP contribution < -0.4 is 10.1 Å². The second kappa shape index (κ2) is 5.82. The maximum Gasteiger partial charge on any atom is 0.176 e. The van der Waals surface area contributed by atoms with Crippen molar-refractivity contribution < 1.29 is 9.15 Å². The van der Waals surface area contributed by atoms with Gasteiger partial charge in [0.05, 0.1) is 13.2 Å². The minimum atomic E-state index is 0.0725. The van der Waals surface area contributed by atoms with Crippen molar-refractivity contribution in [3.8, 4) is 5.75 Å². The molecule has 0 aliphatic rings. The summed E-state index contributed by atoms with van der Waals surface area (Å²) >= 11 is 3.44. The molecule has 0 radical (unpaired) electrons. The Bertz CT molecular complexity index is 749. The summed E-state index contributed by atoms with van der Waals surface area (Å²) in [6.45, 7) is 2.08. The van der Waals surface area contributed by atoms with E-state index in [2.05, 4.69) is 28.2 Å². The molecule has 3 nitrogen and oxygen atoms in total. The first-order valence-corrected chi connectivity index (χ1v) is 7.55. The van der Waals surface area contributed by atoms with Crippen molar-refractivity contribution in [2.75, 3.05) is 12.4 Å². The van der Waals surface area contributed by atoms with Crippen LogP contribution in [0.1, 0.15) is 18.7 Å². The van der Waals surface area contributed by atoms with Gasteiger partial charge >= 0.3 is 0 Å². The Hall–Kier alpha value is -1.94. The van der Waals surface area contributed by atoms with Crippen LogP contribution in [0.4, 0.5) is 5.69 Å². The number of halogens is 1. The smallest absolute Gasteiger partial charge is 0.176 e. The molecular formula is C17H16BrNO2. The Morgan fingerprint density at radius 1 is 1.14 bits per heavy atom. The number of benzene rings is 2. The van der Waals surface area contributed by atoms with E-state index in [9.17, 15) is 0 Å². The molecule has 1 unspecified atom stereocenters. The molecule has 2 aromatic carbocycles. The van der Waals surface area contributed by atoms with Gasteiger partial charge < -0.3 is 14.5 Å². The van der Waals surface area contributed by atoms with Crippen LogP contribution >= 0.6 is 15.9 Å². The topological polar surface area (TPSA) is 34.4 Å². The standard InChI is InChI=1S/C17H16BrNO2/c1-11(19-14-8-6-13(18)7-9-14)16-10-12-4-3-5-15(20-2)17(12)21-16/h3-11,19H,1-2H3. The molecule has 0 spiro atoms. The maximum absolute atomic E-state index is 5.95. The second-order valence-corrected chi connectivity index (χ2v) is 5.82. The van der Waals surface area contributed by atoms with Crippen LogP contribution in [0.5, 0.6) is 5.75 Å². The summed E-state index contributed by atoms with van der Waals surface area (Å²) in [5, 5.41) is 4.48. The number of anilines is 1. The largest absolute Gasteiger partial charge is 0.493 e. The Morgan fingerprint density at radius 3 is 2.62 bits per heavy atom. The van der Waals surface area contributed by atoms with E-state index in [-0.39, 0.29) is 6.04 Å². The van der Waals surface area contributed by atoms with Crippen LogP contribution in [-0.4, -0.2) is 7.11 Å². The molecule has 1 N–H and O–H groups in total. The van der Waals surface area contributed by atoms with E-state index in [0.29, 0.717) is 0 Å². The number of fused-ring (bicyclic) bond motifs is 1. The normalized spacial score (nSPS) is 12.3. The van der Waals surface area contributed by atoms with Gasteiger partial charge in [0.1, 0.15) is 5.76 Å². The summed E-state index contributed by atoms with van der Waals surface area (Å²) in [7, 11) is 1.65. The highest BCUT2D eigenvalue weighted by atomic mass is 79.9. The molecule has 0 amide bonds. The first kappa shape index (κ1) is 14.0. The molecule has 0 bridgehead atoms. The fourth-order valence-corrected chi connectivity index (χ4v) is 2.56. The third kappa shape index (κ3) is 2.90. The Morgan fingerprint density at radius 2 is 1.90 bits per heavy atom. The first-order valence-electron chi connectivity index (χ1n) is 6.76. The monoisotopic (exact) mass is 345 g/mol. The molecule has 3 aromatic rings. The molecule has 21 heavy (non-hydrogen) atoms. The molecule has 1 heterocycles. The molecule has 1 aromatic heterocycles. The SMILES string of the molecule is COc1cccc2cc(C(C)Nc3ccc(Br)cc3)oc12. The zero-order chi connectivity index (χ0) is 14.8. The van der Waals surface area contributed by atoms with Gasteiger partial charge in [-0.2, -0.15) is 0 Å². The quantitative estimate of drug-likeness (QED) is 0.689. The highest BCUT2D eigenvalue weighted by Gasteiger charge is 2.13. The molecular weight excluding hydrogens is 330 g/mol. The van der Waals surface area contributed by atoms with Gasteiger partial charge in [-0.3, -0.25) is 0 Å². The van der Waals surface area contributed by atoms with Gasteiger partial charge in [-0.25, -0.2) is 0 Å². The van der Waals surface area contributed by atoms with Gasteiger partial charge in [-0.05, 0) is 43.3 Å². The number of furan rings is 1. The van der Waals surface area contributed by atoms with Crippen molar-refractivity contribution in [1.29, 1.82) is 0 Å². The number of hydrogen-bond acceptors (Lipinski definition) is 3. The molecule has 4 heteroatoms. The van der Waals surface area contributed by atoms with Crippen LogP contribution in [0.3, 0.4) is 0 Å². The van der Waals surface area contributed by atoms with E-state index in [1.807, 2.05) is 48.5 Å². The Balaban J connectivity index is 1.87. The molecule has 0 saturated heterocycles. The average Bonchev–Trinajstić information content (AvgIpc) is 2.93. The molecule has 0 saturated carbocycles. The van der Waals surface area contributed by atoms with Crippen LogP contribution in [0.15, 0.2) is 57.4 Å². The number of para-hydroxylation sites is 1. The van der Waals surface area contributed by atoms with Crippen molar-refractivity contribution in [2.45, 2.75) is 13.0 Å². The van der Waals surface area contributed by atoms with E-state index >= 15 is 0 Å². The second-order valence-electron chi connectivity index (χ2n) is 4.90. The maximum atomic E-state index is 5.95. The third-order valence-electron chi connectivity index (χ3n) is 3.40. The summed E-state index contributed by atoms with van der Waals surface area (Å²) in [5.41, 5.74) is 1.84. The lowest BCUT2D eigenvalue weighted by molar-refractivity contribution is 0.406. The number of ether oxygens (including phenoxy) is 1.